The zero-order valence-corrected chi connectivity index (χ0v) is 6.06. The van der Waals surface area contributed by atoms with Crippen molar-refractivity contribution < 1.29 is 14.3 Å². The molecule has 3 nitrogen and oxygen atoms in total. The Bertz CT molecular complexity index is 166. The van der Waals surface area contributed by atoms with Crippen LogP contribution in [0.1, 0.15) is 6.42 Å². The molecular formula is C6H7ClO3. The Hall–Kier alpha value is -0.570. The summed E-state index contributed by atoms with van der Waals surface area (Å²) in [6.07, 6.45) is 0.200. The third-order valence-corrected chi connectivity index (χ3v) is 1.71. The van der Waals surface area contributed by atoms with Crippen molar-refractivity contribution in [2.45, 2.75) is 6.42 Å². The van der Waals surface area contributed by atoms with Gasteiger partial charge in [-0.2, -0.15) is 0 Å². The van der Waals surface area contributed by atoms with E-state index >= 15 is 0 Å². The number of halogens is 1. The van der Waals surface area contributed by atoms with E-state index < -0.39 is 0 Å². The van der Waals surface area contributed by atoms with E-state index in [9.17, 15) is 9.59 Å². The number of hydrogen-bond donors (Lipinski definition) is 0. The molecule has 0 spiro atoms. The highest BCUT2D eigenvalue weighted by Gasteiger charge is 2.28. The summed E-state index contributed by atoms with van der Waals surface area (Å²) in [5.41, 5.74) is 0. The third-order valence-electron chi connectivity index (χ3n) is 1.45. The van der Waals surface area contributed by atoms with Crippen LogP contribution in [0.2, 0.25) is 0 Å². The fourth-order valence-electron chi connectivity index (χ4n) is 0.828. The molecule has 1 fully saturated rings. The van der Waals surface area contributed by atoms with E-state index in [0.717, 1.165) is 0 Å². The van der Waals surface area contributed by atoms with Gasteiger partial charge >= 0.3 is 5.97 Å². The lowest BCUT2D eigenvalue weighted by Gasteiger charge is -1.98. The summed E-state index contributed by atoms with van der Waals surface area (Å²) in [5, 5.41) is 0. The molecule has 1 rings (SSSR count). The number of Topliss-reactive ketones (excluding diaryl/α,β-unsaturated/α-hetero) is 1. The topological polar surface area (TPSA) is 43.4 Å². The number of rotatable bonds is 2. The lowest BCUT2D eigenvalue weighted by Crippen LogP contribution is -2.15. The first-order valence-corrected chi connectivity index (χ1v) is 3.52. The molecule has 10 heavy (non-hydrogen) atoms. The summed E-state index contributed by atoms with van der Waals surface area (Å²) < 4.78 is 4.57. The standard InChI is InChI=1S/C6H7ClO3/c7-2-5(8)4-1-6(9)10-3-4/h4H,1-3H2. The number of ketones is 1. The van der Waals surface area contributed by atoms with Gasteiger partial charge in [-0.15, -0.1) is 11.6 Å². The van der Waals surface area contributed by atoms with Crippen molar-refractivity contribution in [1.82, 2.24) is 0 Å². The van der Waals surface area contributed by atoms with Crippen LogP contribution >= 0.6 is 11.6 Å². The average Bonchev–Trinajstić information content (AvgIpc) is 2.34. The Kier molecular flexibility index (Phi) is 2.27. The monoisotopic (exact) mass is 162 g/mol. The van der Waals surface area contributed by atoms with Crippen LogP contribution < -0.4 is 0 Å². The van der Waals surface area contributed by atoms with Gasteiger partial charge in [0.15, 0.2) is 5.78 Å². The summed E-state index contributed by atoms with van der Waals surface area (Å²) >= 11 is 5.26. The van der Waals surface area contributed by atoms with Gasteiger partial charge in [0, 0.05) is 0 Å². The lowest BCUT2D eigenvalue weighted by molar-refractivity contribution is -0.137. The molecule has 1 heterocycles. The molecule has 0 aliphatic carbocycles. The van der Waals surface area contributed by atoms with E-state index in [1.54, 1.807) is 0 Å². The van der Waals surface area contributed by atoms with Crippen molar-refractivity contribution in [3.63, 3.8) is 0 Å². The maximum Gasteiger partial charge on any atom is 0.306 e. The number of carbonyl (C=O) groups is 2. The molecule has 0 amide bonds. The van der Waals surface area contributed by atoms with Crippen molar-refractivity contribution in [2.24, 2.45) is 5.92 Å². The summed E-state index contributed by atoms with van der Waals surface area (Å²) in [7, 11) is 0. The molecule has 1 unspecified atom stereocenters. The second-order valence-corrected chi connectivity index (χ2v) is 2.45. The van der Waals surface area contributed by atoms with Gasteiger partial charge in [0.2, 0.25) is 0 Å². The average molecular weight is 163 g/mol. The second-order valence-electron chi connectivity index (χ2n) is 2.18. The fraction of sp³-hybridized carbons (Fsp3) is 0.667. The summed E-state index contributed by atoms with van der Waals surface area (Å²) in [5.74, 6) is -0.720. The highest BCUT2D eigenvalue weighted by Crippen LogP contribution is 2.14. The number of hydrogen-bond acceptors (Lipinski definition) is 3. The molecule has 0 N–H and O–H groups in total. The quantitative estimate of drug-likeness (QED) is 0.435. The molecular weight excluding hydrogens is 156 g/mol. The minimum Gasteiger partial charge on any atom is -0.465 e. The number of ether oxygens (including phenoxy) is 1. The van der Waals surface area contributed by atoms with E-state index in [1.807, 2.05) is 0 Å². The predicted molar refractivity (Wildman–Crippen MR) is 34.8 cm³/mol. The smallest absolute Gasteiger partial charge is 0.306 e. The van der Waals surface area contributed by atoms with Crippen LogP contribution in [0, 0.1) is 5.92 Å². The summed E-state index contributed by atoms with van der Waals surface area (Å²) in [4.78, 5) is 21.3. The van der Waals surface area contributed by atoms with Gasteiger partial charge in [0.1, 0.15) is 6.61 Å². The van der Waals surface area contributed by atoms with Gasteiger partial charge in [-0.05, 0) is 0 Å². The molecule has 1 saturated heterocycles. The van der Waals surface area contributed by atoms with E-state index in [2.05, 4.69) is 4.74 Å². The third kappa shape index (κ3) is 1.48. The van der Waals surface area contributed by atoms with Gasteiger partial charge in [-0.1, -0.05) is 0 Å². The van der Waals surface area contributed by atoms with Crippen molar-refractivity contribution >= 4 is 23.4 Å². The number of carbonyl (C=O) groups excluding carboxylic acids is 2. The van der Waals surface area contributed by atoms with Crippen LogP contribution in [-0.4, -0.2) is 24.2 Å². The highest BCUT2D eigenvalue weighted by atomic mass is 35.5. The van der Waals surface area contributed by atoms with Crippen molar-refractivity contribution in [3.8, 4) is 0 Å². The number of cyclic esters (lactones) is 1. The molecule has 0 bridgehead atoms. The van der Waals surface area contributed by atoms with Crippen molar-refractivity contribution in [3.05, 3.63) is 0 Å². The first-order chi connectivity index (χ1) is 4.74. The van der Waals surface area contributed by atoms with Gasteiger partial charge < -0.3 is 4.74 Å². The van der Waals surface area contributed by atoms with E-state index in [1.165, 1.54) is 0 Å². The summed E-state index contributed by atoms with van der Waals surface area (Å²) in [6.45, 7) is 0.213. The number of alkyl halides is 1. The molecule has 0 aromatic rings. The minimum atomic E-state index is -0.302. The minimum absolute atomic E-state index is 0.0265. The Morgan fingerprint density at radius 1 is 1.80 bits per heavy atom. The van der Waals surface area contributed by atoms with Crippen LogP contribution in [0.25, 0.3) is 0 Å². The SMILES string of the molecule is O=C1CC(C(=O)CCl)CO1. The first-order valence-electron chi connectivity index (χ1n) is 2.98. The van der Waals surface area contributed by atoms with Gasteiger partial charge in [0.25, 0.3) is 0 Å². The molecule has 0 aromatic heterocycles. The van der Waals surface area contributed by atoms with Gasteiger partial charge in [0.05, 0.1) is 18.2 Å². The van der Waals surface area contributed by atoms with E-state index in [4.69, 9.17) is 11.6 Å². The van der Waals surface area contributed by atoms with Crippen molar-refractivity contribution in [2.75, 3.05) is 12.5 Å². The van der Waals surface area contributed by atoms with Crippen LogP contribution in [0.3, 0.4) is 0 Å². The Balaban J connectivity index is 2.44. The predicted octanol–water partition coefficient (Wildman–Crippen LogP) is 0.357. The molecule has 1 aliphatic heterocycles. The van der Waals surface area contributed by atoms with Crippen LogP contribution in [-0.2, 0) is 14.3 Å². The van der Waals surface area contributed by atoms with Gasteiger partial charge in [-0.25, -0.2) is 0 Å². The molecule has 0 radical (unpaired) electrons. The molecule has 56 valence electrons. The summed E-state index contributed by atoms with van der Waals surface area (Å²) in [6, 6.07) is 0. The van der Waals surface area contributed by atoms with E-state index in [0.29, 0.717) is 0 Å². The lowest BCUT2D eigenvalue weighted by atomic mass is 10.1. The largest absolute Gasteiger partial charge is 0.465 e. The zero-order valence-electron chi connectivity index (χ0n) is 5.30. The number of esters is 1. The molecule has 1 atom stereocenters. The Morgan fingerprint density at radius 3 is 2.90 bits per heavy atom. The maximum atomic E-state index is 10.8. The molecule has 0 aromatic carbocycles. The van der Waals surface area contributed by atoms with Crippen LogP contribution in [0.15, 0.2) is 0 Å². The van der Waals surface area contributed by atoms with Gasteiger partial charge in [-0.3, -0.25) is 9.59 Å². The molecule has 4 heteroatoms. The Morgan fingerprint density at radius 2 is 2.50 bits per heavy atom. The fourth-order valence-corrected chi connectivity index (χ4v) is 1.05. The molecule has 1 aliphatic rings. The molecule has 0 saturated carbocycles. The van der Waals surface area contributed by atoms with Crippen LogP contribution in [0.4, 0.5) is 0 Å². The Labute approximate surface area is 63.3 Å². The normalized spacial score (nSPS) is 24.5. The zero-order chi connectivity index (χ0) is 7.56. The second kappa shape index (κ2) is 3.01. The first kappa shape index (κ1) is 7.54. The highest BCUT2D eigenvalue weighted by molar-refractivity contribution is 6.28. The van der Waals surface area contributed by atoms with Crippen molar-refractivity contribution in [1.29, 1.82) is 0 Å². The van der Waals surface area contributed by atoms with E-state index in [-0.39, 0.29) is 36.6 Å². The van der Waals surface area contributed by atoms with Crippen LogP contribution in [0.5, 0.6) is 0 Å². The maximum absolute atomic E-state index is 10.8.